The van der Waals surface area contributed by atoms with Crippen LogP contribution < -0.4 is 4.74 Å². The van der Waals surface area contributed by atoms with Crippen LogP contribution >= 0.6 is 0 Å². The maximum absolute atomic E-state index is 14.1. The molecule has 0 saturated heterocycles. The standard InChI is InChI=1S/C23H20F3NO4S2/c1-2-18(19-11-5-3-6-12-19)17-32(28,20-13-7-4-8-14-20)27-33(29,30)22-16-10-9-15-21(22)31-23(24,25)26/h2-16,18H,1,17H2/t18-,32+/m1/s1. The third-order valence-corrected chi connectivity index (χ3v) is 9.06. The Kier molecular flexibility index (Phi) is 7.28. The third kappa shape index (κ3) is 6.23. The molecule has 33 heavy (non-hydrogen) atoms. The Morgan fingerprint density at radius 2 is 1.42 bits per heavy atom. The number of para-hydroxylation sites is 1. The molecule has 0 aromatic heterocycles. The van der Waals surface area contributed by atoms with Crippen LogP contribution in [-0.4, -0.2) is 24.7 Å². The monoisotopic (exact) mass is 495 g/mol. The smallest absolute Gasteiger partial charge is 0.404 e. The molecule has 0 saturated carbocycles. The van der Waals surface area contributed by atoms with E-state index in [1.807, 2.05) is 0 Å². The summed E-state index contributed by atoms with van der Waals surface area (Å²) in [6.45, 7) is 3.76. The molecule has 0 unspecified atom stereocenters. The van der Waals surface area contributed by atoms with Crippen LogP contribution in [0, 0.1) is 0 Å². The molecule has 5 nitrogen and oxygen atoms in total. The van der Waals surface area contributed by atoms with Gasteiger partial charge in [-0.05, 0) is 29.8 Å². The van der Waals surface area contributed by atoms with Gasteiger partial charge in [0.2, 0.25) is 0 Å². The van der Waals surface area contributed by atoms with Crippen molar-refractivity contribution in [2.45, 2.75) is 22.1 Å². The van der Waals surface area contributed by atoms with Gasteiger partial charge in [0.15, 0.2) is 0 Å². The van der Waals surface area contributed by atoms with Crippen LogP contribution in [0.4, 0.5) is 13.2 Å². The molecule has 0 bridgehead atoms. The molecule has 0 N–H and O–H groups in total. The van der Waals surface area contributed by atoms with Gasteiger partial charge in [0, 0.05) is 16.6 Å². The van der Waals surface area contributed by atoms with Gasteiger partial charge in [0.1, 0.15) is 10.6 Å². The van der Waals surface area contributed by atoms with Crippen molar-refractivity contribution in [2.24, 2.45) is 3.77 Å². The minimum Gasteiger partial charge on any atom is -0.404 e. The molecule has 10 heteroatoms. The van der Waals surface area contributed by atoms with E-state index in [0.717, 1.165) is 17.7 Å². The topological polar surface area (TPSA) is 72.8 Å². The van der Waals surface area contributed by atoms with Crippen molar-refractivity contribution < 1.29 is 30.5 Å². The number of benzene rings is 3. The number of allylic oxidation sites excluding steroid dienone is 1. The molecule has 3 rings (SSSR count). The number of halogens is 3. The van der Waals surface area contributed by atoms with Crippen molar-refractivity contribution in [3.05, 3.63) is 103 Å². The van der Waals surface area contributed by atoms with Crippen molar-refractivity contribution in [3.8, 4) is 5.75 Å². The molecule has 174 valence electrons. The fourth-order valence-corrected chi connectivity index (χ4v) is 7.50. The summed E-state index contributed by atoms with van der Waals surface area (Å²) in [5, 5.41) is 0. The molecule has 0 amide bonds. The lowest BCUT2D eigenvalue weighted by Gasteiger charge is -2.18. The predicted octanol–water partition coefficient (Wildman–Crippen LogP) is 5.77. The van der Waals surface area contributed by atoms with Crippen molar-refractivity contribution in [1.82, 2.24) is 0 Å². The fourth-order valence-electron chi connectivity index (χ4n) is 3.12. The van der Waals surface area contributed by atoms with Crippen LogP contribution in [0.2, 0.25) is 0 Å². The lowest BCUT2D eigenvalue weighted by atomic mass is 10.0. The second-order valence-corrected chi connectivity index (χ2v) is 11.0. The minimum absolute atomic E-state index is 0.130. The summed E-state index contributed by atoms with van der Waals surface area (Å²) in [4.78, 5) is -0.702. The number of alkyl halides is 3. The van der Waals surface area contributed by atoms with E-state index in [-0.39, 0.29) is 10.6 Å². The van der Waals surface area contributed by atoms with Crippen LogP contribution in [0.15, 0.2) is 111 Å². The summed E-state index contributed by atoms with van der Waals surface area (Å²) in [5.74, 6) is -1.72. The van der Waals surface area contributed by atoms with Gasteiger partial charge in [-0.3, -0.25) is 0 Å². The molecule has 0 radical (unpaired) electrons. The predicted molar refractivity (Wildman–Crippen MR) is 120 cm³/mol. The van der Waals surface area contributed by atoms with Gasteiger partial charge >= 0.3 is 6.36 Å². The third-order valence-electron chi connectivity index (χ3n) is 4.60. The Bertz CT molecular complexity index is 1330. The number of sulfonamides is 1. The summed E-state index contributed by atoms with van der Waals surface area (Å²) >= 11 is 0. The van der Waals surface area contributed by atoms with E-state index < -0.39 is 42.7 Å². The summed E-state index contributed by atoms with van der Waals surface area (Å²) < 4.78 is 86.2. The van der Waals surface area contributed by atoms with Gasteiger partial charge in [0.05, 0.1) is 9.73 Å². The van der Waals surface area contributed by atoms with E-state index >= 15 is 0 Å². The highest BCUT2D eigenvalue weighted by atomic mass is 32.3. The highest BCUT2D eigenvalue weighted by molar-refractivity contribution is 8.03. The summed E-state index contributed by atoms with van der Waals surface area (Å²) in [6.07, 6.45) is -3.59. The zero-order valence-corrected chi connectivity index (χ0v) is 18.8. The van der Waals surface area contributed by atoms with Gasteiger partial charge in [-0.2, -0.15) is 8.42 Å². The molecule has 0 aliphatic rings. The number of hydrogen-bond donors (Lipinski definition) is 0. The molecular formula is C23H20F3NO4S2. The average Bonchev–Trinajstić information content (AvgIpc) is 2.77. The van der Waals surface area contributed by atoms with E-state index in [2.05, 4.69) is 15.1 Å². The van der Waals surface area contributed by atoms with Gasteiger partial charge < -0.3 is 4.74 Å². The lowest BCUT2D eigenvalue weighted by molar-refractivity contribution is -0.275. The van der Waals surface area contributed by atoms with Crippen molar-refractivity contribution in [2.75, 3.05) is 5.75 Å². The Balaban J connectivity index is 2.17. The summed E-state index contributed by atoms with van der Waals surface area (Å²) in [6, 6.07) is 20.8. The van der Waals surface area contributed by atoms with E-state index in [1.165, 1.54) is 30.3 Å². The highest BCUT2D eigenvalue weighted by Crippen LogP contribution is 2.33. The largest absolute Gasteiger partial charge is 0.573 e. The van der Waals surface area contributed by atoms with Crippen molar-refractivity contribution in [3.63, 3.8) is 0 Å². The molecule has 0 fully saturated rings. The van der Waals surface area contributed by atoms with Crippen LogP contribution in [0.3, 0.4) is 0 Å². The van der Waals surface area contributed by atoms with Crippen LogP contribution in [0.25, 0.3) is 0 Å². The number of hydrogen-bond acceptors (Lipinski definition) is 4. The second-order valence-electron chi connectivity index (χ2n) is 6.92. The van der Waals surface area contributed by atoms with Gasteiger partial charge in [0.25, 0.3) is 10.0 Å². The van der Waals surface area contributed by atoms with Crippen LogP contribution in [0.5, 0.6) is 5.75 Å². The quantitative estimate of drug-likeness (QED) is 0.372. The van der Waals surface area contributed by atoms with E-state index in [4.69, 9.17) is 0 Å². The lowest BCUT2D eigenvalue weighted by Crippen LogP contribution is -2.19. The van der Waals surface area contributed by atoms with Gasteiger partial charge in [-0.1, -0.05) is 66.7 Å². The first-order valence-electron chi connectivity index (χ1n) is 9.62. The Morgan fingerprint density at radius 3 is 2.00 bits per heavy atom. The van der Waals surface area contributed by atoms with Crippen LogP contribution in [-0.2, 0) is 19.8 Å². The fraction of sp³-hybridized carbons (Fsp3) is 0.130. The molecule has 0 aliphatic heterocycles. The Hall–Kier alpha value is -3.11. The summed E-state index contributed by atoms with van der Waals surface area (Å²) in [5.41, 5.74) is 0.740. The van der Waals surface area contributed by atoms with Crippen molar-refractivity contribution >= 4 is 19.8 Å². The normalized spacial score (nSPS) is 14.6. The zero-order chi connectivity index (χ0) is 24.1. The SMILES string of the molecule is C=C[C@H](C[S@@](=O)(=NS(=O)(=O)c1ccccc1OC(F)(F)F)c1ccccc1)c1ccccc1. The highest BCUT2D eigenvalue weighted by Gasteiger charge is 2.34. The Morgan fingerprint density at radius 1 is 0.879 bits per heavy atom. The molecule has 0 spiro atoms. The maximum atomic E-state index is 14.1. The van der Waals surface area contributed by atoms with E-state index in [0.29, 0.717) is 0 Å². The first-order chi connectivity index (χ1) is 15.5. The van der Waals surface area contributed by atoms with Crippen molar-refractivity contribution in [1.29, 1.82) is 0 Å². The number of ether oxygens (including phenoxy) is 1. The Labute approximate surface area is 190 Å². The molecule has 0 heterocycles. The number of nitrogens with zero attached hydrogens (tertiary/aromatic N) is 1. The molecule has 2 atom stereocenters. The molecular weight excluding hydrogens is 475 g/mol. The first kappa shape index (κ1) is 24.5. The molecule has 0 aliphatic carbocycles. The van der Waals surface area contributed by atoms with Gasteiger partial charge in [-0.15, -0.1) is 23.5 Å². The van der Waals surface area contributed by atoms with Crippen LogP contribution in [0.1, 0.15) is 11.5 Å². The molecule has 3 aromatic carbocycles. The van der Waals surface area contributed by atoms with E-state index in [9.17, 15) is 25.8 Å². The first-order valence-corrected chi connectivity index (χ1v) is 12.7. The zero-order valence-electron chi connectivity index (χ0n) is 17.2. The van der Waals surface area contributed by atoms with Gasteiger partial charge in [-0.25, -0.2) is 4.21 Å². The second kappa shape index (κ2) is 9.80. The maximum Gasteiger partial charge on any atom is 0.573 e. The molecule has 3 aromatic rings. The average molecular weight is 496 g/mol. The van der Waals surface area contributed by atoms with E-state index in [1.54, 1.807) is 48.5 Å². The minimum atomic E-state index is -5.12. The number of rotatable bonds is 8. The summed E-state index contributed by atoms with van der Waals surface area (Å²) in [7, 11) is -8.48.